The SMILES string of the molecule is COc1ccc(C(=O)C(C)OCc2ccccc2)cc1. The van der Waals surface area contributed by atoms with Crippen LogP contribution >= 0.6 is 0 Å². The maximum Gasteiger partial charge on any atom is 0.191 e. The van der Waals surface area contributed by atoms with E-state index < -0.39 is 6.10 Å². The third kappa shape index (κ3) is 3.68. The van der Waals surface area contributed by atoms with Crippen molar-refractivity contribution < 1.29 is 14.3 Å². The van der Waals surface area contributed by atoms with Crippen LogP contribution in [0.3, 0.4) is 0 Å². The number of carbonyl (C=O) groups excluding carboxylic acids is 1. The molecule has 0 aromatic heterocycles. The molecule has 1 unspecified atom stereocenters. The molecule has 2 aromatic rings. The Labute approximate surface area is 119 Å². The van der Waals surface area contributed by atoms with Gasteiger partial charge in [-0.15, -0.1) is 0 Å². The molecule has 0 aliphatic heterocycles. The molecule has 104 valence electrons. The Balaban J connectivity index is 1.94. The van der Waals surface area contributed by atoms with Crippen molar-refractivity contribution in [2.45, 2.75) is 19.6 Å². The summed E-state index contributed by atoms with van der Waals surface area (Å²) in [4.78, 5) is 12.2. The minimum Gasteiger partial charge on any atom is -0.497 e. The van der Waals surface area contributed by atoms with Crippen LogP contribution in [0.15, 0.2) is 54.6 Å². The van der Waals surface area contributed by atoms with E-state index in [1.54, 1.807) is 38.3 Å². The first-order valence-electron chi connectivity index (χ1n) is 6.54. The highest BCUT2D eigenvalue weighted by Crippen LogP contribution is 2.14. The van der Waals surface area contributed by atoms with Gasteiger partial charge in [-0.2, -0.15) is 0 Å². The van der Waals surface area contributed by atoms with Crippen molar-refractivity contribution in [3.8, 4) is 5.75 Å². The van der Waals surface area contributed by atoms with Gasteiger partial charge in [-0.3, -0.25) is 4.79 Å². The summed E-state index contributed by atoms with van der Waals surface area (Å²) < 4.78 is 10.7. The molecule has 0 saturated carbocycles. The van der Waals surface area contributed by atoms with Crippen molar-refractivity contribution in [1.82, 2.24) is 0 Å². The van der Waals surface area contributed by atoms with Crippen LogP contribution < -0.4 is 4.74 Å². The van der Waals surface area contributed by atoms with Gasteiger partial charge in [0.2, 0.25) is 0 Å². The monoisotopic (exact) mass is 270 g/mol. The predicted octanol–water partition coefficient (Wildman–Crippen LogP) is 3.48. The Kier molecular flexibility index (Phi) is 4.91. The number of hydrogen-bond donors (Lipinski definition) is 0. The van der Waals surface area contributed by atoms with Crippen LogP contribution in [0.4, 0.5) is 0 Å². The lowest BCUT2D eigenvalue weighted by atomic mass is 10.1. The van der Waals surface area contributed by atoms with Gasteiger partial charge < -0.3 is 9.47 Å². The highest BCUT2D eigenvalue weighted by molar-refractivity contribution is 5.99. The van der Waals surface area contributed by atoms with Gasteiger partial charge >= 0.3 is 0 Å². The number of hydrogen-bond acceptors (Lipinski definition) is 3. The summed E-state index contributed by atoms with van der Waals surface area (Å²) in [6, 6.07) is 16.9. The number of carbonyl (C=O) groups is 1. The third-order valence-electron chi connectivity index (χ3n) is 3.09. The molecule has 0 bridgehead atoms. The maximum atomic E-state index is 12.2. The molecule has 0 N–H and O–H groups in total. The molecule has 0 saturated heterocycles. The van der Waals surface area contributed by atoms with E-state index in [9.17, 15) is 4.79 Å². The number of ketones is 1. The van der Waals surface area contributed by atoms with Crippen molar-refractivity contribution >= 4 is 5.78 Å². The standard InChI is InChI=1S/C17H18O3/c1-13(20-12-14-6-4-3-5-7-14)17(18)15-8-10-16(19-2)11-9-15/h3-11,13H,12H2,1-2H3. The number of ether oxygens (including phenoxy) is 2. The number of rotatable bonds is 6. The summed E-state index contributed by atoms with van der Waals surface area (Å²) in [7, 11) is 1.60. The topological polar surface area (TPSA) is 35.5 Å². The minimum atomic E-state index is -0.469. The largest absolute Gasteiger partial charge is 0.497 e. The van der Waals surface area contributed by atoms with Gasteiger partial charge in [0.05, 0.1) is 13.7 Å². The lowest BCUT2D eigenvalue weighted by molar-refractivity contribution is 0.0412. The maximum absolute atomic E-state index is 12.2. The molecule has 0 fully saturated rings. The molecule has 0 heterocycles. The fourth-order valence-electron chi connectivity index (χ4n) is 1.86. The highest BCUT2D eigenvalue weighted by atomic mass is 16.5. The number of methoxy groups -OCH3 is 1. The minimum absolute atomic E-state index is 0.0245. The van der Waals surface area contributed by atoms with Crippen LogP contribution in [0.5, 0.6) is 5.75 Å². The van der Waals surface area contributed by atoms with E-state index in [1.807, 2.05) is 30.3 Å². The van der Waals surface area contributed by atoms with E-state index in [0.29, 0.717) is 12.2 Å². The molecule has 0 aliphatic rings. The number of benzene rings is 2. The fourth-order valence-corrected chi connectivity index (χ4v) is 1.86. The quantitative estimate of drug-likeness (QED) is 0.754. The van der Waals surface area contributed by atoms with Gasteiger partial charge in [0, 0.05) is 5.56 Å². The van der Waals surface area contributed by atoms with Crippen molar-refractivity contribution in [1.29, 1.82) is 0 Å². The molecule has 3 heteroatoms. The van der Waals surface area contributed by atoms with Crippen molar-refractivity contribution in [3.05, 3.63) is 65.7 Å². The van der Waals surface area contributed by atoms with Crippen molar-refractivity contribution in [2.24, 2.45) is 0 Å². The normalized spacial score (nSPS) is 11.9. The molecule has 0 aliphatic carbocycles. The van der Waals surface area contributed by atoms with Gasteiger partial charge in [-0.05, 0) is 36.8 Å². The Morgan fingerprint density at radius 3 is 2.30 bits per heavy atom. The number of Topliss-reactive ketones (excluding diaryl/α,β-unsaturated/α-hetero) is 1. The van der Waals surface area contributed by atoms with Crippen LogP contribution in [0, 0.1) is 0 Å². The van der Waals surface area contributed by atoms with E-state index in [1.165, 1.54) is 0 Å². The predicted molar refractivity (Wildman–Crippen MR) is 78.0 cm³/mol. The fraction of sp³-hybridized carbons (Fsp3) is 0.235. The molecule has 3 nitrogen and oxygen atoms in total. The Hall–Kier alpha value is -2.13. The van der Waals surface area contributed by atoms with Gasteiger partial charge in [-0.25, -0.2) is 0 Å². The van der Waals surface area contributed by atoms with Crippen LogP contribution in [-0.2, 0) is 11.3 Å². The summed E-state index contributed by atoms with van der Waals surface area (Å²) in [5.74, 6) is 0.711. The molecule has 20 heavy (non-hydrogen) atoms. The van der Waals surface area contributed by atoms with E-state index in [4.69, 9.17) is 9.47 Å². The van der Waals surface area contributed by atoms with E-state index >= 15 is 0 Å². The molecular formula is C17H18O3. The summed E-state index contributed by atoms with van der Waals surface area (Å²) in [5, 5.41) is 0. The van der Waals surface area contributed by atoms with Gasteiger partial charge in [-0.1, -0.05) is 30.3 Å². The lowest BCUT2D eigenvalue weighted by Gasteiger charge is -2.12. The van der Waals surface area contributed by atoms with Crippen molar-refractivity contribution in [2.75, 3.05) is 7.11 Å². The Morgan fingerprint density at radius 2 is 1.70 bits per heavy atom. The molecule has 0 amide bonds. The average molecular weight is 270 g/mol. The zero-order chi connectivity index (χ0) is 14.4. The van der Waals surface area contributed by atoms with Crippen LogP contribution in [0.1, 0.15) is 22.8 Å². The Bertz CT molecular complexity index is 546. The molecular weight excluding hydrogens is 252 g/mol. The average Bonchev–Trinajstić information content (AvgIpc) is 2.53. The zero-order valence-electron chi connectivity index (χ0n) is 11.7. The second-order valence-electron chi connectivity index (χ2n) is 4.53. The summed E-state index contributed by atoms with van der Waals surface area (Å²) in [5.41, 5.74) is 1.69. The second kappa shape index (κ2) is 6.87. The zero-order valence-corrected chi connectivity index (χ0v) is 11.7. The molecule has 0 radical (unpaired) electrons. The molecule has 2 aromatic carbocycles. The van der Waals surface area contributed by atoms with Crippen molar-refractivity contribution in [3.63, 3.8) is 0 Å². The van der Waals surface area contributed by atoms with Crippen LogP contribution in [0.25, 0.3) is 0 Å². The van der Waals surface area contributed by atoms with Gasteiger partial charge in [0.25, 0.3) is 0 Å². The first kappa shape index (κ1) is 14.3. The van der Waals surface area contributed by atoms with Gasteiger partial charge in [0.1, 0.15) is 11.9 Å². The van der Waals surface area contributed by atoms with Crippen LogP contribution in [-0.4, -0.2) is 19.0 Å². The van der Waals surface area contributed by atoms with Gasteiger partial charge in [0.15, 0.2) is 5.78 Å². The van der Waals surface area contributed by atoms with E-state index in [0.717, 1.165) is 11.3 Å². The summed E-state index contributed by atoms with van der Waals surface area (Å²) in [6.45, 7) is 2.21. The molecule has 0 spiro atoms. The first-order chi connectivity index (χ1) is 9.70. The smallest absolute Gasteiger partial charge is 0.191 e. The highest BCUT2D eigenvalue weighted by Gasteiger charge is 2.15. The third-order valence-corrected chi connectivity index (χ3v) is 3.09. The summed E-state index contributed by atoms with van der Waals surface area (Å²) >= 11 is 0. The Morgan fingerprint density at radius 1 is 1.05 bits per heavy atom. The molecule has 1 atom stereocenters. The van der Waals surface area contributed by atoms with Crippen LogP contribution in [0.2, 0.25) is 0 Å². The first-order valence-corrected chi connectivity index (χ1v) is 6.54. The second-order valence-corrected chi connectivity index (χ2v) is 4.53. The van der Waals surface area contributed by atoms with E-state index in [2.05, 4.69) is 0 Å². The summed E-state index contributed by atoms with van der Waals surface area (Å²) in [6.07, 6.45) is -0.469. The lowest BCUT2D eigenvalue weighted by Crippen LogP contribution is -2.20. The van der Waals surface area contributed by atoms with E-state index in [-0.39, 0.29) is 5.78 Å². The molecule has 2 rings (SSSR count).